The molecule has 0 N–H and O–H groups in total. The van der Waals surface area contributed by atoms with Crippen molar-refractivity contribution < 1.29 is 8.37 Å². The van der Waals surface area contributed by atoms with Gasteiger partial charge < -0.3 is 0 Å². The number of halogens is 1. The van der Waals surface area contributed by atoms with Crippen molar-refractivity contribution in [1.82, 2.24) is 4.57 Å². The zero-order valence-electron chi connectivity index (χ0n) is 7.97. The molecule has 1 aromatic heterocycles. The molecule has 0 saturated carbocycles. The second kappa shape index (κ2) is 8.89. The quantitative estimate of drug-likeness (QED) is 0.433. The van der Waals surface area contributed by atoms with E-state index in [1.807, 2.05) is 30.9 Å². The third-order valence-electron chi connectivity index (χ3n) is 1.43. The average Bonchev–Trinajstić information content (AvgIpc) is 2.55. The minimum atomic E-state index is -1.03. The Labute approximate surface area is 94.4 Å². The fourth-order valence-electron chi connectivity index (χ4n) is 0.953. The average molecular weight is 228 g/mol. The predicted octanol–water partition coefficient (Wildman–Crippen LogP) is 1.34. The predicted molar refractivity (Wildman–Crippen MR) is 57.3 cm³/mol. The summed E-state index contributed by atoms with van der Waals surface area (Å²) in [5.41, 5.74) is 0. The Morgan fingerprint density at radius 3 is 2.64 bits per heavy atom. The first kappa shape index (κ1) is 13.3. The van der Waals surface area contributed by atoms with Gasteiger partial charge in [0, 0.05) is 0 Å². The van der Waals surface area contributed by atoms with E-state index >= 15 is 0 Å². The van der Waals surface area contributed by atoms with E-state index in [9.17, 15) is 0 Å². The summed E-state index contributed by atoms with van der Waals surface area (Å²) in [7, 11) is 4.53. The van der Waals surface area contributed by atoms with E-state index in [4.69, 9.17) is 3.80 Å². The van der Waals surface area contributed by atoms with E-state index in [-0.39, 0.29) is 0 Å². The van der Waals surface area contributed by atoms with Crippen LogP contribution in [0.5, 0.6) is 0 Å². The van der Waals surface area contributed by atoms with Gasteiger partial charge in [-0.2, -0.15) is 0 Å². The Hall–Kier alpha value is -0.688. The molecule has 14 heavy (non-hydrogen) atoms. The normalized spacial score (nSPS) is 8.07. The van der Waals surface area contributed by atoms with E-state index in [1.54, 1.807) is 0 Å². The van der Waals surface area contributed by atoms with Gasteiger partial charge in [-0.25, -0.2) is 9.13 Å². The van der Waals surface area contributed by atoms with Crippen molar-refractivity contribution >= 4 is 24.3 Å². The minimum absolute atomic E-state index is 0.865. The summed E-state index contributed by atoms with van der Waals surface area (Å²) in [5.74, 6) is 0. The fraction of sp³-hybridized carbons (Fsp3) is 0.222. The van der Waals surface area contributed by atoms with Crippen molar-refractivity contribution in [3.05, 3.63) is 44.0 Å². The Kier molecular flexibility index (Phi) is 8.45. The van der Waals surface area contributed by atoms with Crippen LogP contribution in [0.2, 0.25) is 0 Å². The van der Waals surface area contributed by atoms with Gasteiger partial charge >= 0.3 is 28.1 Å². The summed E-state index contributed by atoms with van der Waals surface area (Å²) in [6, 6.07) is 0. The monoisotopic (exact) mass is 227 g/mol. The maximum atomic E-state index is 8.78. The number of imidazole rings is 1. The molecule has 0 radical (unpaired) electrons. The molecule has 0 unspecified atom stereocenters. The Morgan fingerprint density at radius 2 is 2.14 bits per heavy atom. The van der Waals surface area contributed by atoms with E-state index in [0.29, 0.717) is 0 Å². The third kappa shape index (κ3) is 5.87. The standard InChI is InChI=1S/C9H13N2.Al.ClH.O/c1-3-5-10-7-8-11(9-10)6-4-2;;;/h3-4,7-9H,1-2,5-6H2;;1H;/q2*+1;;/p-1. The first-order valence-corrected chi connectivity index (χ1v) is 6.30. The van der Waals surface area contributed by atoms with Gasteiger partial charge in [0.25, 0.3) is 0 Å². The van der Waals surface area contributed by atoms with Crippen LogP contribution < -0.4 is 4.57 Å². The molecule has 0 saturated heterocycles. The SMILES string of the molecule is C=CCn1cc[n+](CC=C)c1.[O]=[Al][Cl]. The molecule has 0 aliphatic carbocycles. The number of nitrogens with zero attached hydrogens (tertiary/aromatic N) is 2. The summed E-state index contributed by atoms with van der Waals surface area (Å²) >= 11 is -1.03. The van der Waals surface area contributed by atoms with Gasteiger partial charge in [0.15, 0.2) is 0 Å². The molecule has 3 nitrogen and oxygen atoms in total. The van der Waals surface area contributed by atoms with Gasteiger partial charge in [0.05, 0.1) is 0 Å². The molecule has 0 aliphatic rings. The number of hydrogen-bond donors (Lipinski definition) is 0. The Balaban J connectivity index is 0.000000500. The molecular weight excluding hydrogens is 215 g/mol. The molecule has 0 atom stereocenters. The van der Waals surface area contributed by atoms with Crippen LogP contribution in [-0.4, -0.2) is 18.8 Å². The summed E-state index contributed by atoms with van der Waals surface area (Å²) in [4.78, 5) is 0. The molecule has 1 heterocycles. The van der Waals surface area contributed by atoms with Crippen molar-refractivity contribution in [1.29, 1.82) is 0 Å². The van der Waals surface area contributed by atoms with Crippen molar-refractivity contribution in [2.45, 2.75) is 13.1 Å². The van der Waals surface area contributed by atoms with Gasteiger partial charge in [-0.15, -0.1) is 0 Å². The molecule has 0 fully saturated rings. The van der Waals surface area contributed by atoms with Gasteiger partial charge in [0.2, 0.25) is 6.33 Å². The Morgan fingerprint density at radius 1 is 1.50 bits per heavy atom. The second-order valence-corrected chi connectivity index (χ2v) is 3.19. The molecule has 0 bridgehead atoms. The molecule has 1 rings (SSSR count). The van der Waals surface area contributed by atoms with Gasteiger partial charge in [0.1, 0.15) is 25.5 Å². The molecule has 74 valence electrons. The fourth-order valence-corrected chi connectivity index (χ4v) is 0.953. The van der Waals surface area contributed by atoms with Crippen LogP contribution >= 0.6 is 10.0 Å². The van der Waals surface area contributed by atoms with E-state index in [1.165, 1.54) is 0 Å². The van der Waals surface area contributed by atoms with Crippen molar-refractivity contribution in [3.8, 4) is 0 Å². The van der Waals surface area contributed by atoms with Crippen LogP contribution in [0, 0.1) is 0 Å². The molecule has 0 aliphatic heterocycles. The van der Waals surface area contributed by atoms with Gasteiger partial charge in [-0.05, 0) is 0 Å². The molecule has 5 heteroatoms. The van der Waals surface area contributed by atoms with Crippen LogP contribution in [0.25, 0.3) is 0 Å². The van der Waals surface area contributed by atoms with Crippen molar-refractivity contribution in [2.75, 3.05) is 0 Å². The van der Waals surface area contributed by atoms with Crippen LogP contribution in [0.1, 0.15) is 0 Å². The number of aromatic nitrogens is 2. The van der Waals surface area contributed by atoms with Crippen LogP contribution in [-0.2, 0) is 16.9 Å². The maximum absolute atomic E-state index is 8.78. The van der Waals surface area contributed by atoms with Gasteiger partial charge in [-0.3, -0.25) is 0 Å². The molecule has 1 aromatic rings. The van der Waals surface area contributed by atoms with Crippen LogP contribution in [0.3, 0.4) is 0 Å². The second-order valence-electron chi connectivity index (χ2n) is 2.47. The van der Waals surface area contributed by atoms with E-state index < -0.39 is 14.2 Å². The number of rotatable bonds is 4. The van der Waals surface area contributed by atoms with Crippen LogP contribution in [0.15, 0.2) is 44.0 Å². The summed E-state index contributed by atoms with van der Waals surface area (Å²) in [6.45, 7) is 9.05. The number of allylic oxidation sites excluding steroid dienone is 2. The number of hydrogen-bond acceptors (Lipinski definition) is 1. The zero-order valence-corrected chi connectivity index (χ0v) is 9.88. The zero-order chi connectivity index (χ0) is 10.8. The molecule has 0 amide bonds. The first-order chi connectivity index (χ1) is 6.78. The first-order valence-electron chi connectivity index (χ1n) is 4.09. The van der Waals surface area contributed by atoms with E-state index in [0.717, 1.165) is 13.1 Å². The summed E-state index contributed by atoms with van der Waals surface area (Å²) in [6.07, 6.45) is 9.82. The third-order valence-corrected chi connectivity index (χ3v) is 1.43. The topological polar surface area (TPSA) is 25.9 Å². The van der Waals surface area contributed by atoms with E-state index in [2.05, 4.69) is 32.3 Å². The summed E-state index contributed by atoms with van der Waals surface area (Å²) in [5, 5.41) is 0. The van der Waals surface area contributed by atoms with Gasteiger partial charge in [-0.1, -0.05) is 25.3 Å². The van der Waals surface area contributed by atoms with Crippen molar-refractivity contribution in [3.63, 3.8) is 0 Å². The molecule has 0 spiro atoms. The molecular formula is C9H13AlClN2O+. The summed E-state index contributed by atoms with van der Waals surface area (Å²) < 4.78 is 12.9. The Bertz CT molecular complexity index is 274. The van der Waals surface area contributed by atoms with Crippen LogP contribution in [0.4, 0.5) is 0 Å². The molecule has 0 aromatic carbocycles. The van der Waals surface area contributed by atoms with Crippen molar-refractivity contribution in [2.24, 2.45) is 0 Å².